The largest absolute Gasteiger partial charge is 0.504 e. The third-order valence-corrected chi connectivity index (χ3v) is 5.92. The topological polar surface area (TPSA) is 66.4 Å². The van der Waals surface area contributed by atoms with Gasteiger partial charge in [-0.2, -0.15) is 0 Å². The Kier molecular flexibility index (Phi) is 6.01. The van der Waals surface area contributed by atoms with Crippen LogP contribution < -0.4 is 23.7 Å². The molecule has 1 aliphatic rings. The SMILES string of the molecule is COc1cc2c(c(OC)c1OC)-c1c(cc(O)c(OC)c1OC)C[C@@H](C)[C@@H](C)C2. The second-order valence-electron chi connectivity index (χ2n) is 7.54. The van der Waals surface area contributed by atoms with Crippen molar-refractivity contribution in [3.8, 4) is 45.6 Å². The van der Waals surface area contributed by atoms with Gasteiger partial charge in [0, 0.05) is 11.1 Å². The molecule has 0 radical (unpaired) electrons. The molecule has 0 aromatic heterocycles. The van der Waals surface area contributed by atoms with E-state index in [1.807, 2.05) is 6.07 Å². The van der Waals surface area contributed by atoms with E-state index in [9.17, 15) is 5.11 Å². The Balaban J connectivity index is 2.50. The zero-order valence-electron chi connectivity index (χ0n) is 18.2. The number of hydrogen-bond donors (Lipinski definition) is 1. The Morgan fingerprint density at radius 3 is 1.55 bits per heavy atom. The molecule has 2 aromatic carbocycles. The number of aromatic hydroxyl groups is 1. The first-order valence-electron chi connectivity index (χ1n) is 9.70. The molecule has 0 fully saturated rings. The Morgan fingerprint density at radius 2 is 1.10 bits per heavy atom. The van der Waals surface area contributed by atoms with Gasteiger partial charge in [0.25, 0.3) is 0 Å². The summed E-state index contributed by atoms with van der Waals surface area (Å²) >= 11 is 0. The maximum absolute atomic E-state index is 10.6. The smallest absolute Gasteiger partial charge is 0.203 e. The van der Waals surface area contributed by atoms with E-state index in [2.05, 4.69) is 13.8 Å². The molecule has 6 nitrogen and oxygen atoms in total. The van der Waals surface area contributed by atoms with E-state index in [4.69, 9.17) is 23.7 Å². The molecule has 1 N–H and O–H groups in total. The fraction of sp³-hybridized carbons (Fsp3) is 0.478. The maximum Gasteiger partial charge on any atom is 0.203 e. The summed E-state index contributed by atoms with van der Waals surface area (Å²) in [5, 5.41) is 10.6. The van der Waals surface area contributed by atoms with Gasteiger partial charge in [0.05, 0.1) is 35.5 Å². The standard InChI is InChI=1S/C23H30O6/c1-12-8-14-10-16(24)20(26-4)22(28-6)18(14)19-15(9-13(12)2)11-17(25-3)21(27-5)23(19)29-7/h10-13,24H,8-9H2,1-7H3/t12-,13+/m1/s1. The van der Waals surface area contributed by atoms with Crippen molar-refractivity contribution in [1.29, 1.82) is 0 Å². The second-order valence-corrected chi connectivity index (χ2v) is 7.54. The van der Waals surface area contributed by atoms with Gasteiger partial charge in [-0.1, -0.05) is 13.8 Å². The van der Waals surface area contributed by atoms with Crippen LogP contribution in [0.2, 0.25) is 0 Å². The summed E-state index contributed by atoms with van der Waals surface area (Å²) in [6.07, 6.45) is 1.64. The number of benzene rings is 2. The molecular weight excluding hydrogens is 372 g/mol. The van der Waals surface area contributed by atoms with E-state index in [0.717, 1.165) is 35.1 Å². The number of phenols is 1. The summed E-state index contributed by atoms with van der Waals surface area (Å²) in [5.41, 5.74) is 3.79. The van der Waals surface area contributed by atoms with Crippen LogP contribution in [0.3, 0.4) is 0 Å². The molecule has 29 heavy (non-hydrogen) atoms. The average molecular weight is 402 g/mol. The van der Waals surface area contributed by atoms with Crippen LogP contribution in [0, 0.1) is 11.8 Å². The zero-order valence-corrected chi connectivity index (χ0v) is 18.2. The summed E-state index contributed by atoms with van der Waals surface area (Å²) in [6.45, 7) is 4.47. The number of hydrogen-bond acceptors (Lipinski definition) is 6. The molecule has 0 spiro atoms. The van der Waals surface area contributed by atoms with Crippen LogP contribution in [0.1, 0.15) is 25.0 Å². The van der Waals surface area contributed by atoms with Crippen LogP contribution in [-0.2, 0) is 12.8 Å². The highest BCUT2D eigenvalue weighted by atomic mass is 16.5. The van der Waals surface area contributed by atoms with Gasteiger partial charge >= 0.3 is 0 Å². The van der Waals surface area contributed by atoms with Crippen molar-refractivity contribution in [3.63, 3.8) is 0 Å². The van der Waals surface area contributed by atoms with Gasteiger partial charge in [0.2, 0.25) is 11.5 Å². The van der Waals surface area contributed by atoms with Gasteiger partial charge in [-0.3, -0.25) is 0 Å². The maximum atomic E-state index is 10.6. The summed E-state index contributed by atoms with van der Waals surface area (Å²) in [4.78, 5) is 0. The lowest BCUT2D eigenvalue weighted by Crippen LogP contribution is -2.18. The van der Waals surface area contributed by atoms with E-state index < -0.39 is 0 Å². The van der Waals surface area contributed by atoms with Gasteiger partial charge in [0.1, 0.15) is 0 Å². The van der Waals surface area contributed by atoms with E-state index in [1.54, 1.807) is 34.5 Å². The Labute approximate surface area is 172 Å². The van der Waals surface area contributed by atoms with Crippen molar-refractivity contribution < 1.29 is 28.8 Å². The second kappa shape index (κ2) is 8.31. The predicted octanol–water partition coefficient (Wildman–Crippen LogP) is 4.47. The van der Waals surface area contributed by atoms with Gasteiger partial charge in [-0.05, 0) is 47.9 Å². The van der Waals surface area contributed by atoms with Crippen LogP contribution >= 0.6 is 0 Å². The third-order valence-electron chi connectivity index (χ3n) is 5.92. The molecule has 0 bridgehead atoms. The summed E-state index contributed by atoms with van der Waals surface area (Å²) in [5.74, 6) is 3.38. The summed E-state index contributed by atoms with van der Waals surface area (Å²) in [6, 6.07) is 3.78. The molecule has 1 aliphatic carbocycles. The molecule has 0 saturated carbocycles. The number of phenolic OH excluding ortho intramolecular Hbond substituents is 1. The Bertz CT molecular complexity index is 905. The fourth-order valence-electron chi connectivity index (χ4n) is 4.24. The van der Waals surface area contributed by atoms with Crippen LogP contribution in [0.4, 0.5) is 0 Å². The minimum absolute atomic E-state index is 0.0597. The van der Waals surface area contributed by atoms with Crippen LogP contribution in [0.5, 0.6) is 34.5 Å². The van der Waals surface area contributed by atoms with Crippen molar-refractivity contribution in [3.05, 3.63) is 23.3 Å². The van der Waals surface area contributed by atoms with Crippen molar-refractivity contribution in [1.82, 2.24) is 0 Å². The lowest BCUT2D eigenvalue weighted by molar-refractivity contribution is 0.320. The number of ether oxygens (including phenoxy) is 5. The number of rotatable bonds is 5. The molecule has 0 unspecified atom stereocenters. The highest BCUT2D eigenvalue weighted by Crippen LogP contribution is 2.55. The molecule has 0 amide bonds. The van der Waals surface area contributed by atoms with E-state index in [0.29, 0.717) is 40.6 Å². The monoisotopic (exact) mass is 402 g/mol. The molecule has 0 aliphatic heterocycles. The average Bonchev–Trinajstić information content (AvgIpc) is 2.71. The first-order valence-corrected chi connectivity index (χ1v) is 9.70. The van der Waals surface area contributed by atoms with Crippen LogP contribution in [0.15, 0.2) is 12.1 Å². The normalized spacial score (nSPS) is 18.0. The predicted molar refractivity (Wildman–Crippen MR) is 112 cm³/mol. The van der Waals surface area contributed by atoms with Gasteiger partial charge < -0.3 is 28.8 Å². The first-order chi connectivity index (χ1) is 13.9. The number of methoxy groups -OCH3 is 5. The molecule has 0 saturated heterocycles. The molecule has 6 heteroatoms. The highest BCUT2D eigenvalue weighted by Gasteiger charge is 2.32. The molecule has 158 valence electrons. The molecule has 2 atom stereocenters. The van der Waals surface area contributed by atoms with Crippen LogP contribution in [0.25, 0.3) is 11.1 Å². The van der Waals surface area contributed by atoms with Crippen LogP contribution in [-0.4, -0.2) is 40.7 Å². The minimum Gasteiger partial charge on any atom is -0.504 e. The lowest BCUT2D eigenvalue weighted by Gasteiger charge is -2.30. The Morgan fingerprint density at radius 1 is 0.655 bits per heavy atom. The highest BCUT2D eigenvalue weighted by molar-refractivity contribution is 5.88. The van der Waals surface area contributed by atoms with Crippen molar-refractivity contribution in [2.45, 2.75) is 26.7 Å². The van der Waals surface area contributed by atoms with Crippen molar-refractivity contribution in [2.24, 2.45) is 11.8 Å². The summed E-state index contributed by atoms with van der Waals surface area (Å²) < 4.78 is 28.3. The van der Waals surface area contributed by atoms with Crippen molar-refractivity contribution in [2.75, 3.05) is 35.5 Å². The molecule has 0 heterocycles. The number of fused-ring (bicyclic) bond motifs is 3. The summed E-state index contributed by atoms with van der Waals surface area (Å²) in [7, 11) is 7.93. The Hall–Kier alpha value is -2.76. The first kappa shape index (κ1) is 21.0. The van der Waals surface area contributed by atoms with Crippen molar-refractivity contribution >= 4 is 0 Å². The van der Waals surface area contributed by atoms with E-state index in [-0.39, 0.29) is 5.75 Å². The third kappa shape index (κ3) is 3.41. The minimum atomic E-state index is 0.0597. The van der Waals surface area contributed by atoms with Gasteiger partial charge in [-0.15, -0.1) is 0 Å². The van der Waals surface area contributed by atoms with E-state index in [1.165, 1.54) is 7.11 Å². The van der Waals surface area contributed by atoms with Gasteiger partial charge in [-0.25, -0.2) is 0 Å². The lowest BCUT2D eigenvalue weighted by atomic mass is 9.77. The van der Waals surface area contributed by atoms with E-state index >= 15 is 0 Å². The molecular formula is C23H30O6. The molecule has 3 rings (SSSR count). The quantitative estimate of drug-likeness (QED) is 0.796. The van der Waals surface area contributed by atoms with Gasteiger partial charge in [0.15, 0.2) is 23.0 Å². The zero-order chi connectivity index (χ0) is 21.3. The fourth-order valence-corrected chi connectivity index (χ4v) is 4.24. The molecule has 2 aromatic rings.